The van der Waals surface area contributed by atoms with Gasteiger partial charge in [-0.05, 0) is 43.4 Å². The number of hydrogen-bond donors (Lipinski definition) is 1. The molecule has 0 heterocycles. The molecule has 1 nitrogen and oxygen atoms in total. The van der Waals surface area contributed by atoms with Crippen LogP contribution in [0.3, 0.4) is 0 Å². The fraction of sp³-hybridized carbons (Fsp3) is 0.385. The maximum Gasteiger partial charge on any atom is 0.0612 e. The molecule has 0 atom stereocenters. The van der Waals surface area contributed by atoms with Crippen LogP contribution in [0.4, 0.5) is 0 Å². The Bertz CT molecular complexity index is 313. The van der Waals surface area contributed by atoms with E-state index in [4.69, 9.17) is 5.11 Å². The van der Waals surface area contributed by atoms with Gasteiger partial charge in [-0.25, -0.2) is 0 Å². The van der Waals surface area contributed by atoms with Crippen LogP contribution in [0.15, 0.2) is 30.4 Å². The van der Waals surface area contributed by atoms with Gasteiger partial charge in [-0.2, -0.15) is 0 Å². The van der Waals surface area contributed by atoms with E-state index in [-0.39, 0.29) is 6.61 Å². The Hall–Kier alpha value is -1.08. The van der Waals surface area contributed by atoms with Crippen LogP contribution in [0.2, 0.25) is 0 Å². The second kappa shape index (κ2) is 5.61. The minimum absolute atomic E-state index is 0.146. The first-order valence-corrected chi connectivity index (χ1v) is 5.06. The lowest BCUT2D eigenvalue weighted by Gasteiger charge is -2.03. The summed E-state index contributed by atoms with van der Waals surface area (Å²) in [5.74, 6) is 0. The van der Waals surface area contributed by atoms with Crippen LogP contribution in [0.1, 0.15) is 23.1 Å². The number of allylic oxidation sites excluding steroid dienone is 1. The Kier molecular flexibility index (Phi) is 4.41. The van der Waals surface area contributed by atoms with Crippen molar-refractivity contribution >= 4 is 0 Å². The summed E-state index contributed by atoms with van der Waals surface area (Å²) in [6.45, 7) is 4.42. The molecule has 0 aliphatic rings. The lowest BCUT2D eigenvalue weighted by molar-refractivity contribution is 0.342. The average Bonchev–Trinajstić information content (AvgIpc) is 2.18. The highest BCUT2D eigenvalue weighted by atomic mass is 16.2. The minimum Gasteiger partial charge on any atom is -0.392 e. The average molecular weight is 190 g/mol. The Balaban J connectivity index is 2.51. The lowest BCUT2D eigenvalue weighted by atomic mass is 10.0. The Labute approximate surface area is 86.1 Å². The monoisotopic (exact) mass is 190 g/mol. The molecule has 1 N–H and O–H groups in total. The molecule has 1 heteroatoms. The third-order valence-corrected chi connectivity index (χ3v) is 2.44. The topological polar surface area (TPSA) is 20.2 Å². The smallest absolute Gasteiger partial charge is 0.0612 e. The number of benzene rings is 1. The van der Waals surface area contributed by atoms with Crippen molar-refractivity contribution in [1.82, 2.24) is 0 Å². The zero-order chi connectivity index (χ0) is 10.4. The molecule has 1 rings (SSSR count). The summed E-state index contributed by atoms with van der Waals surface area (Å²) in [7, 11) is 0. The second-order valence-electron chi connectivity index (χ2n) is 3.61. The van der Waals surface area contributed by atoms with Gasteiger partial charge >= 0.3 is 0 Å². The summed E-state index contributed by atoms with van der Waals surface area (Å²) < 4.78 is 0. The molecule has 0 spiro atoms. The van der Waals surface area contributed by atoms with Crippen molar-refractivity contribution in [3.8, 4) is 0 Å². The lowest BCUT2D eigenvalue weighted by Crippen LogP contribution is -1.87. The molecule has 0 aliphatic heterocycles. The molecular weight excluding hydrogens is 172 g/mol. The maximum atomic E-state index is 8.56. The van der Waals surface area contributed by atoms with Gasteiger partial charge < -0.3 is 5.11 Å². The largest absolute Gasteiger partial charge is 0.392 e. The molecule has 0 amide bonds. The van der Waals surface area contributed by atoms with Gasteiger partial charge in [0, 0.05) is 0 Å². The van der Waals surface area contributed by atoms with E-state index in [9.17, 15) is 0 Å². The molecule has 0 aliphatic carbocycles. The standard InChI is InChI=1S/C13H18O/c1-11-7-8-13(10-12(11)2)6-4-3-5-9-14/h3,5,7-8,10,14H,4,6,9H2,1-2H3. The van der Waals surface area contributed by atoms with Crippen LogP contribution >= 0.6 is 0 Å². The van der Waals surface area contributed by atoms with E-state index >= 15 is 0 Å². The van der Waals surface area contributed by atoms with E-state index in [1.54, 1.807) is 6.08 Å². The predicted molar refractivity (Wildman–Crippen MR) is 60.5 cm³/mol. The molecule has 0 fully saturated rings. The highest BCUT2D eigenvalue weighted by molar-refractivity contribution is 5.30. The van der Waals surface area contributed by atoms with E-state index < -0.39 is 0 Å². The Morgan fingerprint density at radius 1 is 1.14 bits per heavy atom. The molecule has 1 aromatic carbocycles. The molecule has 0 unspecified atom stereocenters. The summed E-state index contributed by atoms with van der Waals surface area (Å²) >= 11 is 0. The number of aliphatic hydroxyl groups is 1. The van der Waals surface area contributed by atoms with Crippen LogP contribution < -0.4 is 0 Å². The van der Waals surface area contributed by atoms with Crippen molar-refractivity contribution in [3.63, 3.8) is 0 Å². The number of aliphatic hydroxyl groups excluding tert-OH is 1. The Morgan fingerprint density at radius 3 is 2.57 bits per heavy atom. The molecule has 0 radical (unpaired) electrons. The first kappa shape index (κ1) is 11.0. The fourth-order valence-electron chi connectivity index (χ4n) is 1.40. The normalized spacial score (nSPS) is 11.1. The number of aryl methyl sites for hydroxylation is 3. The maximum absolute atomic E-state index is 8.56. The quantitative estimate of drug-likeness (QED) is 0.724. The minimum atomic E-state index is 0.146. The van der Waals surface area contributed by atoms with Gasteiger partial charge in [0.2, 0.25) is 0 Å². The summed E-state index contributed by atoms with van der Waals surface area (Å²) in [6.07, 6.45) is 5.87. The highest BCUT2D eigenvalue weighted by Gasteiger charge is 1.94. The van der Waals surface area contributed by atoms with Gasteiger partial charge in [0.05, 0.1) is 6.61 Å². The van der Waals surface area contributed by atoms with Gasteiger partial charge in [-0.3, -0.25) is 0 Å². The molecular formula is C13H18O. The van der Waals surface area contributed by atoms with E-state index in [0.717, 1.165) is 12.8 Å². The third-order valence-electron chi connectivity index (χ3n) is 2.44. The SMILES string of the molecule is Cc1ccc(CCC=CCO)cc1C. The Morgan fingerprint density at radius 2 is 1.93 bits per heavy atom. The second-order valence-corrected chi connectivity index (χ2v) is 3.61. The molecule has 0 saturated carbocycles. The highest BCUT2D eigenvalue weighted by Crippen LogP contribution is 2.11. The van der Waals surface area contributed by atoms with E-state index in [1.807, 2.05) is 6.08 Å². The predicted octanol–water partition coefficient (Wildman–Crippen LogP) is 2.78. The van der Waals surface area contributed by atoms with Gasteiger partial charge in [-0.1, -0.05) is 30.4 Å². The van der Waals surface area contributed by atoms with E-state index in [0.29, 0.717) is 0 Å². The van der Waals surface area contributed by atoms with Gasteiger partial charge in [-0.15, -0.1) is 0 Å². The molecule has 0 bridgehead atoms. The van der Waals surface area contributed by atoms with E-state index in [1.165, 1.54) is 16.7 Å². The van der Waals surface area contributed by atoms with E-state index in [2.05, 4.69) is 32.0 Å². The number of rotatable bonds is 4. The summed E-state index contributed by atoms with van der Waals surface area (Å²) in [5.41, 5.74) is 4.07. The zero-order valence-electron chi connectivity index (χ0n) is 8.96. The van der Waals surface area contributed by atoms with Crippen molar-refractivity contribution in [3.05, 3.63) is 47.0 Å². The van der Waals surface area contributed by atoms with Crippen molar-refractivity contribution in [2.75, 3.05) is 6.61 Å². The van der Waals surface area contributed by atoms with Crippen molar-refractivity contribution in [1.29, 1.82) is 0 Å². The van der Waals surface area contributed by atoms with Crippen LogP contribution in [0.25, 0.3) is 0 Å². The molecule has 0 aromatic heterocycles. The van der Waals surface area contributed by atoms with Crippen LogP contribution in [0.5, 0.6) is 0 Å². The van der Waals surface area contributed by atoms with Gasteiger partial charge in [0.25, 0.3) is 0 Å². The van der Waals surface area contributed by atoms with Crippen molar-refractivity contribution < 1.29 is 5.11 Å². The summed E-state index contributed by atoms with van der Waals surface area (Å²) in [5, 5.41) is 8.56. The number of hydrogen-bond acceptors (Lipinski definition) is 1. The molecule has 14 heavy (non-hydrogen) atoms. The fourth-order valence-corrected chi connectivity index (χ4v) is 1.40. The van der Waals surface area contributed by atoms with Crippen molar-refractivity contribution in [2.24, 2.45) is 0 Å². The molecule has 1 aromatic rings. The third kappa shape index (κ3) is 3.35. The molecule has 0 saturated heterocycles. The molecule has 76 valence electrons. The summed E-state index contributed by atoms with van der Waals surface area (Å²) in [6, 6.07) is 6.58. The van der Waals surface area contributed by atoms with Gasteiger partial charge in [0.1, 0.15) is 0 Å². The van der Waals surface area contributed by atoms with Crippen LogP contribution in [-0.4, -0.2) is 11.7 Å². The van der Waals surface area contributed by atoms with Crippen LogP contribution in [0, 0.1) is 13.8 Å². The summed E-state index contributed by atoms with van der Waals surface area (Å²) in [4.78, 5) is 0. The van der Waals surface area contributed by atoms with Crippen molar-refractivity contribution in [2.45, 2.75) is 26.7 Å². The zero-order valence-corrected chi connectivity index (χ0v) is 8.96. The van der Waals surface area contributed by atoms with Gasteiger partial charge in [0.15, 0.2) is 0 Å². The van der Waals surface area contributed by atoms with Crippen LogP contribution in [-0.2, 0) is 6.42 Å². The first-order chi connectivity index (χ1) is 6.74. The first-order valence-electron chi connectivity index (χ1n) is 5.06.